The van der Waals surface area contributed by atoms with Gasteiger partial charge in [-0.15, -0.1) is 0 Å². The molecule has 0 radical (unpaired) electrons. The Morgan fingerprint density at radius 3 is 1.44 bits per heavy atom. The normalized spacial score (nSPS) is 12.3. The van der Waals surface area contributed by atoms with Crippen molar-refractivity contribution in [3.8, 4) is 34.4 Å². The molecule has 9 heterocycles. The van der Waals surface area contributed by atoms with E-state index in [0.29, 0.717) is 135 Å². The summed E-state index contributed by atoms with van der Waals surface area (Å²) < 4.78 is 36.7. The number of benzene rings is 7. The first-order valence-electron chi connectivity index (χ1n) is 34.5. The van der Waals surface area contributed by atoms with Crippen molar-refractivity contribution in [3.05, 3.63) is 238 Å². The van der Waals surface area contributed by atoms with Crippen LogP contribution in [-0.4, -0.2) is 127 Å². The fraction of sp³-hybridized carbons (Fsp3) is 0.182. The number of fused-ring (bicyclic) bond motifs is 3. The van der Waals surface area contributed by atoms with E-state index in [1.54, 1.807) is 88.4 Å². The maximum Gasteiger partial charge on any atom is 0.337 e. The van der Waals surface area contributed by atoms with Crippen LogP contribution < -0.4 is 33.4 Å². The number of aldehydes is 1. The number of carboxylic acids is 2. The molecule has 44 heteroatoms. The maximum atomic E-state index is 12.0. The first-order chi connectivity index (χ1) is 57.2. The van der Waals surface area contributed by atoms with Crippen LogP contribution in [0.4, 0.5) is 28.6 Å². The monoisotopic (exact) mass is 2190 g/mol. The molecule has 0 amide bonds. The van der Waals surface area contributed by atoms with Crippen molar-refractivity contribution >= 4 is 274 Å². The Morgan fingerprint density at radius 1 is 0.504 bits per heavy atom. The number of nitrogens with two attached hydrogens (primary N) is 4. The lowest BCUT2D eigenvalue weighted by Gasteiger charge is -2.38. The molecule has 7 aromatic heterocycles. The molecule has 30 nitrogen and oxygen atoms in total. The topological polar surface area (TPSA) is 469 Å². The van der Waals surface area contributed by atoms with Crippen LogP contribution in [-0.2, 0) is 27.3 Å². The second-order valence-electron chi connectivity index (χ2n) is 25.4. The lowest BCUT2D eigenvalue weighted by molar-refractivity contribution is -0.169. The van der Waals surface area contributed by atoms with Crippen LogP contribution in [0.2, 0.25) is 40.3 Å². The second kappa shape index (κ2) is 43.7. The summed E-state index contributed by atoms with van der Waals surface area (Å²) in [5, 5.41) is 46.7. The maximum absolute atomic E-state index is 12.0. The van der Waals surface area contributed by atoms with Crippen molar-refractivity contribution in [1.29, 1.82) is 0 Å². The zero-order valence-corrected chi connectivity index (χ0v) is 78.5. The molecule has 0 bridgehead atoms. The van der Waals surface area contributed by atoms with Crippen molar-refractivity contribution < 1.29 is 62.1 Å². The van der Waals surface area contributed by atoms with E-state index in [9.17, 15) is 24.0 Å². The van der Waals surface area contributed by atoms with E-state index in [4.69, 9.17) is 164 Å². The Kier molecular flexibility index (Phi) is 34.8. The number of ketones is 1. The quantitative estimate of drug-likeness (QED) is 0.0358. The van der Waals surface area contributed by atoms with E-state index < -0.39 is 17.7 Å². The lowest BCUT2D eigenvalue weighted by Crippen LogP contribution is -2.45. The van der Waals surface area contributed by atoms with Crippen LogP contribution in [0.5, 0.6) is 0 Å². The smallest absolute Gasteiger partial charge is 0.337 e. The number of piperidine rings is 1. The van der Waals surface area contributed by atoms with Gasteiger partial charge in [-0.05, 0) is 138 Å². The summed E-state index contributed by atoms with van der Waals surface area (Å²) >= 11 is 67.3. The van der Waals surface area contributed by atoms with Gasteiger partial charge in [-0.25, -0.2) is 19.6 Å². The van der Waals surface area contributed by atoms with E-state index in [1.165, 1.54) is 19.1 Å². The van der Waals surface area contributed by atoms with Crippen molar-refractivity contribution in [1.82, 2.24) is 55.5 Å². The summed E-state index contributed by atoms with van der Waals surface area (Å²) in [5.74, 6) is 1.76. The van der Waals surface area contributed by atoms with Gasteiger partial charge < -0.3 is 75.7 Å². The number of pyridine rings is 3. The molecule has 2 aliphatic heterocycles. The Morgan fingerprint density at radius 2 is 0.942 bits per heavy atom. The molecule has 121 heavy (non-hydrogen) atoms. The Hall–Kier alpha value is -8.51. The number of nitrogens with zero attached hydrogens (tertiary/aromatic N) is 11. The molecule has 16 rings (SSSR count). The third-order valence-electron chi connectivity index (χ3n) is 16.6. The minimum Gasteiger partial charge on any atom is -0.478 e. The number of aliphatic hydroxyl groups is 1. The minimum absolute atomic E-state index is 0.00868. The standard InChI is InChI=1S/C19H18BrClN4O3.C12H6BrCl2N3O.C12H7BrClN3O2.C7H5BrClNO2.C7H7BrClNO.C7H5BrClNO.C7H6ClNO2.C6H8N2O2/c1-11-22-18(28-24-11)14-9-12-8-13(20)10-15(21)16(12)23-17(14)25-4-2-19(3-5-25)26-6-7-27-19;1-5-16-12(19-18-5)8-3-6-2-7(13)4-9(14)10(6)17-11(8)15;1-5-15-12(19-17-5)8-3-6-2-7(13)4-9(14)10(6)16-11(8)18;8-3-1-4(7(11)12)6(10)5(9)2-3;2*8-5-1-4(3-11)7(10)6(9)2-5;8-5-3-1-2-4(6(5)9)7(10)11;1-4(9)3-6-7-5(2)8-10-6/h8-10H,2-7H2,1H3;2-4H,1H3;2-4H,1H3,(H,16,18);1-2H,10H2,(H,11,12);1-2,11H,3,10H2;1-3H,10H2;1-3H,9H2,(H,10,11);3H2,1-2H3. The van der Waals surface area contributed by atoms with Gasteiger partial charge in [0.15, 0.2) is 35.4 Å². The number of Topliss-reactive ketones (excluding diaryl/α,β-unsaturated/α-hetero) is 1. The fourth-order valence-electron chi connectivity index (χ4n) is 11.0. The van der Waals surface area contributed by atoms with E-state index >= 15 is 0 Å². The molecule has 2 fully saturated rings. The molecule has 0 saturated carbocycles. The van der Waals surface area contributed by atoms with Gasteiger partial charge in [0.2, 0.25) is 5.89 Å². The summed E-state index contributed by atoms with van der Waals surface area (Å²) in [5.41, 5.74) is 27.2. The number of aromatic amines is 1. The average Bonchev–Trinajstić information content (AvgIpc) is 1.63. The van der Waals surface area contributed by atoms with E-state index in [-0.39, 0.29) is 68.0 Å². The average molecular weight is 2200 g/mol. The molecule has 2 aliphatic rings. The van der Waals surface area contributed by atoms with Crippen LogP contribution in [0.25, 0.3) is 67.1 Å². The van der Waals surface area contributed by atoms with E-state index in [0.717, 1.165) is 81.4 Å². The van der Waals surface area contributed by atoms with Crippen LogP contribution >= 0.6 is 188 Å². The van der Waals surface area contributed by atoms with Gasteiger partial charge >= 0.3 is 11.9 Å². The third-order valence-corrected chi connectivity index (χ3v) is 21.7. The molecule has 14 aromatic rings. The summed E-state index contributed by atoms with van der Waals surface area (Å²) in [7, 11) is 0. The van der Waals surface area contributed by atoms with Gasteiger partial charge in [-0.1, -0.05) is 215 Å². The van der Waals surface area contributed by atoms with Gasteiger partial charge in [-0.2, -0.15) is 19.9 Å². The predicted molar refractivity (Wildman–Crippen MR) is 487 cm³/mol. The first-order valence-corrected chi connectivity index (χ1v) is 42.3. The lowest BCUT2D eigenvalue weighted by atomic mass is 10.0. The number of hydrogen-bond acceptors (Lipinski definition) is 27. The van der Waals surface area contributed by atoms with Gasteiger partial charge in [0, 0.05) is 80.1 Å². The Balaban J connectivity index is 0.000000162. The summed E-state index contributed by atoms with van der Waals surface area (Å²) in [6, 6.07) is 30.7. The van der Waals surface area contributed by atoms with Gasteiger partial charge in [-0.3, -0.25) is 14.4 Å². The van der Waals surface area contributed by atoms with Crippen LogP contribution in [0.1, 0.15) is 85.6 Å². The predicted octanol–water partition coefficient (Wildman–Crippen LogP) is 21.5. The molecule has 632 valence electrons. The first kappa shape index (κ1) is 96.3. The largest absolute Gasteiger partial charge is 0.478 e. The van der Waals surface area contributed by atoms with Gasteiger partial charge in [0.05, 0.1) is 123 Å². The number of carbonyl (C=O) groups is 4. The number of H-pyrrole nitrogens is 1. The fourth-order valence-corrected chi connectivity index (χ4v) is 16.5. The number of hydrogen-bond donors (Lipinski definition) is 8. The number of aromatic carboxylic acids is 2. The third kappa shape index (κ3) is 26.1. The molecule has 0 unspecified atom stereocenters. The number of rotatable bonds is 10. The van der Waals surface area contributed by atoms with Gasteiger partial charge in [0.1, 0.15) is 22.3 Å². The Labute approximate surface area is 776 Å². The molecule has 2 saturated heterocycles. The highest BCUT2D eigenvalue weighted by Crippen LogP contribution is 2.41. The van der Waals surface area contributed by atoms with Crippen molar-refractivity contribution in [3.63, 3.8) is 0 Å². The molecular formula is C77H62Br6Cl8N16O14. The van der Waals surface area contributed by atoms with Crippen molar-refractivity contribution in [2.45, 2.75) is 66.3 Å². The number of carboxylic acid groups (broad SMARTS) is 2. The molecule has 7 aromatic carbocycles. The number of aliphatic hydroxyl groups excluding tert-OH is 1. The zero-order valence-electron chi connectivity index (χ0n) is 63.0. The van der Waals surface area contributed by atoms with Crippen LogP contribution in [0, 0.1) is 27.7 Å². The molecular weight excluding hydrogens is 2140 g/mol. The SMILES string of the molecule is CC(=O)Cc1nc(C)no1.Cc1noc(-c2cc3cc(Br)cc(Cl)c3[nH]c2=O)n1.Cc1noc(-c2cc3cc(Br)cc(Cl)c3nc2Cl)n1.Cc1noc(-c2cc3cc(Br)cc(Cl)c3nc2N2CCC3(CC2)OCCO3)n1.Nc1c(Cl)cc(Br)cc1C(=O)O.Nc1c(Cl)cc(Br)cc1C=O.Nc1c(Cl)cc(Br)cc1CO.Nc1c(Cl)cccc1C(=O)O. The summed E-state index contributed by atoms with van der Waals surface area (Å²) in [4.78, 5) is 84.5. The van der Waals surface area contributed by atoms with E-state index in [1.807, 2.05) is 36.4 Å². The summed E-state index contributed by atoms with van der Waals surface area (Å²) in [6.45, 7) is 11.2. The van der Waals surface area contributed by atoms with Crippen LogP contribution in [0.15, 0.2) is 159 Å². The van der Waals surface area contributed by atoms with E-state index in [2.05, 4.69) is 151 Å². The number of aryl methyl sites for hydroxylation is 4. The molecule has 0 aliphatic carbocycles. The summed E-state index contributed by atoms with van der Waals surface area (Å²) in [6.07, 6.45) is 2.47. The number of nitrogens with one attached hydrogen (secondary N) is 1. The number of carbonyl (C=O) groups excluding carboxylic acids is 2. The Bertz CT molecular complexity index is 6250. The highest BCUT2D eigenvalue weighted by atomic mass is 79.9. The number of anilines is 5. The van der Waals surface area contributed by atoms with Crippen LogP contribution in [0.3, 0.4) is 0 Å². The number of halogens is 14. The minimum atomic E-state index is -1.09. The highest BCUT2D eigenvalue weighted by Gasteiger charge is 2.41. The highest BCUT2D eigenvalue weighted by molar-refractivity contribution is 9.11. The number of aromatic nitrogens is 11. The molecule has 12 N–H and O–H groups in total. The number of nitrogen functional groups attached to an aromatic ring is 4. The van der Waals surface area contributed by atoms with Gasteiger partial charge in [0.25, 0.3) is 23.2 Å². The molecule has 0 atom stereocenters. The number of ether oxygens (including phenoxy) is 2. The van der Waals surface area contributed by atoms with Crippen molar-refractivity contribution in [2.75, 3.05) is 54.1 Å². The van der Waals surface area contributed by atoms with Crippen molar-refractivity contribution in [2.24, 2.45) is 0 Å². The zero-order chi connectivity index (χ0) is 88.6. The number of para-hydroxylation sites is 1. The molecule has 1 spiro atoms. The second-order valence-corrected chi connectivity index (χ2v) is 34.1.